The largest absolute Gasteiger partial charge is 0.383 e. The van der Waals surface area contributed by atoms with E-state index in [1.807, 2.05) is 0 Å². The molecule has 0 heterocycles. The van der Waals surface area contributed by atoms with E-state index in [0.717, 1.165) is 45.4 Å². The second-order valence-corrected chi connectivity index (χ2v) is 5.72. The van der Waals surface area contributed by atoms with Gasteiger partial charge in [0.25, 0.3) is 0 Å². The molecule has 1 amide bonds. The summed E-state index contributed by atoms with van der Waals surface area (Å²) in [5.41, 5.74) is 10.9. The number of nitrogens with two attached hydrogens (primary N) is 2. The highest BCUT2D eigenvalue weighted by Crippen LogP contribution is 2.36. The number of ether oxygens (including phenoxy) is 1. The third-order valence-corrected chi connectivity index (χ3v) is 4.53. The number of rotatable bonds is 8. The van der Waals surface area contributed by atoms with E-state index in [9.17, 15) is 4.79 Å². The van der Waals surface area contributed by atoms with Gasteiger partial charge in [-0.2, -0.15) is 0 Å². The number of nitrogens with zero attached hydrogens (tertiary/aromatic N) is 1. The number of primary amides is 1. The number of likely N-dealkylation sites (N-methyl/N-ethyl adjacent to an activating group) is 1. The van der Waals surface area contributed by atoms with Crippen molar-refractivity contribution >= 4 is 5.91 Å². The van der Waals surface area contributed by atoms with Crippen LogP contribution in [-0.4, -0.2) is 49.2 Å². The fraction of sp³-hybridized carbons (Fsp3) is 0.929. The summed E-state index contributed by atoms with van der Waals surface area (Å²) in [7, 11) is 1.72. The number of amides is 1. The molecule has 1 fully saturated rings. The van der Waals surface area contributed by atoms with Crippen LogP contribution < -0.4 is 11.5 Å². The van der Waals surface area contributed by atoms with E-state index in [4.69, 9.17) is 16.2 Å². The van der Waals surface area contributed by atoms with Crippen molar-refractivity contribution in [2.75, 3.05) is 26.8 Å². The topological polar surface area (TPSA) is 81.6 Å². The summed E-state index contributed by atoms with van der Waals surface area (Å²) in [6.07, 6.45) is 3.67. The van der Waals surface area contributed by atoms with E-state index in [2.05, 4.69) is 18.7 Å². The first kappa shape index (κ1) is 16.4. The maximum absolute atomic E-state index is 11.5. The molecule has 5 nitrogen and oxygen atoms in total. The van der Waals surface area contributed by atoms with Crippen LogP contribution in [0.15, 0.2) is 0 Å². The highest BCUT2D eigenvalue weighted by Gasteiger charge is 2.44. The minimum atomic E-state index is -0.788. The molecule has 0 radical (unpaired) electrons. The van der Waals surface area contributed by atoms with Gasteiger partial charge >= 0.3 is 0 Å². The van der Waals surface area contributed by atoms with Gasteiger partial charge in [-0.05, 0) is 45.2 Å². The van der Waals surface area contributed by atoms with Crippen LogP contribution in [0.25, 0.3) is 0 Å². The van der Waals surface area contributed by atoms with Gasteiger partial charge in [0, 0.05) is 13.2 Å². The van der Waals surface area contributed by atoms with Gasteiger partial charge in [-0.1, -0.05) is 13.3 Å². The van der Waals surface area contributed by atoms with Crippen molar-refractivity contribution in [3.63, 3.8) is 0 Å². The molecule has 1 saturated carbocycles. The normalized spacial score (nSPS) is 28.8. The predicted octanol–water partition coefficient (Wildman–Crippen LogP) is 0.716. The Bertz CT molecular complexity index is 298. The van der Waals surface area contributed by atoms with E-state index in [0.29, 0.717) is 6.04 Å². The summed E-state index contributed by atoms with van der Waals surface area (Å²) in [5.74, 6) is -0.128. The van der Waals surface area contributed by atoms with Crippen molar-refractivity contribution in [2.24, 2.45) is 17.4 Å². The standard InChI is InChI=1S/C14H29N3O2/c1-4-17(11(2)10-19-3)9-7-12-6-5-8-14(12,16)13(15)18/h11-12H,4-10,16H2,1-3H3,(H2,15,18). The maximum Gasteiger partial charge on any atom is 0.237 e. The lowest BCUT2D eigenvalue weighted by Gasteiger charge is -2.32. The molecule has 0 bridgehead atoms. The molecule has 1 aliphatic rings. The Labute approximate surface area is 116 Å². The first-order valence-electron chi connectivity index (χ1n) is 7.27. The minimum Gasteiger partial charge on any atom is -0.383 e. The highest BCUT2D eigenvalue weighted by atomic mass is 16.5. The molecule has 0 aliphatic heterocycles. The van der Waals surface area contributed by atoms with Gasteiger partial charge in [-0.3, -0.25) is 9.69 Å². The van der Waals surface area contributed by atoms with Gasteiger partial charge < -0.3 is 16.2 Å². The van der Waals surface area contributed by atoms with Crippen molar-refractivity contribution < 1.29 is 9.53 Å². The number of carbonyl (C=O) groups excluding carboxylic acids is 1. The second-order valence-electron chi connectivity index (χ2n) is 5.72. The zero-order valence-electron chi connectivity index (χ0n) is 12.5. The number of hydrogen-bond acceptors (Lipinski definition) is 4. The zero-order chi connectivity index (χ0) is 14.5. The van der Waals surface area contributed by atoms with E-state index >= 15 is 0 Å². The molecule has 1 aliphatic carbocycles. The smallest absolute Gasteiger partial charge is 0.237 e. The summed E-state index contributed by atoms with van der Waals surface area (Å²) < 4.78 is 5.20. The maximum atomic E-state index is 11.5. The highest BCUT2D eigenvalue weighted by molar-refractivity contribution is 5.85. The summed E-state index contributed by atoms with van der Waals surface area (Å²) in [4.78, 5) is 13.9. The zero-order valence-corrected chi connectivity index (χ0v) is 12.5. The monoisotopic (exact) mass is 271 g/mol. The van der Waals surface area contributed by atoms with E-state index in [1.54, 1.807) is 7.11 Å². The van der Waals surface area contributed by atoms with Crippen LogP contribution in [0.3, 0.4) is 0 Å². The average Bonchev–Trinajstić information content (AvgIpc) is 2.73. The van der Waals surface area contributed by atoms with Crippen LogP contribution >= 0.6 is 0 Å². The molecule has 0 aromatic rings. The second kappa shape index (κ2) is 7.22. The third kappa shape index (κ3) is 3.91. The van der Waals surface area contributed by atoms with Crippen LogP contribution in [0.5, 0.6) is 0 Å². The van der Waals surface area contributed by atoms with Crippen molar-refractivity contribution in [2.45, 2.75) is 51.1 Å². The van der Waals surface area contributed by atoms with Gasteiger partial charge in [0.15, 0.2) is 0 Å². The van der Waals surface area contributed by atoms with Crippen LogP contribution in [0.2, 0.25) is 0 Å². The summed E-state index contributed by atoms with van der Waals surface area (Å²) in [5, 5.41) is 0. The van der Waals surface area contributed by atoms with Gasteiger partial charge in [-0.15, -0.1) is 0 Å². The molecule has 0 aromatic carbocycles. The molecule has 0 saturated heterocycles. The van der Waals surface area contributed by atoms with Crippen molar-refractivity contribution in [1.82, 2.24) is 4.90 Å². The van der Waals surface area contributed by atoms with Crippen LogP contribution in [-0.2, 0) is 9.53 Å². The quantitative estimate of drug-likeness (QED) is 0.681. The summed E-state index contributed by atoms with van der Waals surface area (Å²) in [6.45, 7) is 6.95. The number of hydrogen-bond donors (Lipinski definition) is 2. The van der Waals surface area contributed by atoms with Crippen LogP contribution in [0, 0.1) is 5.92 Å². The average molecular weight is 271 g/mol. The Morgan fingerprint density at radius 3 is 2.79 bits per heavy atom. The molecule has 0 spiro atoms. The molecule has 4 N–H and O–H groups in total. The molecule has 3 atom stereocenters. The van der Waals surface area contributed by atoms with Crippen LogP contribution in [0.4, 0.5) is 0 Å². The molecular formula is C14H29N3O2. The molecule has 19 heavy (non-hydrogen) atoms. The van der Waals surface area contributed by atoms with Gasteiger partial charge in [0.1, 0.15) is 0 Å². The molecule has 0 aromatic heterocycles. The Balaban J connectivity index is 2.52. The Morgan fingerprint density at radius 1 is 1.58 bits per heavy atom. The third-order valence-electron chi connectivity index (χ3n) is 4.53. The summed E-state index contributed by atoms with van der Waals surface area (Å²) in [6, 6.07) is 0.386. The predicted molar refractivity (Wildman–Crippen MR) is 76.7 cm³/mol. The molecule has 5 heteroatoms. The van der Waals surface area contributed by atoms with Crippen molar-refractivity contribution in [1.29, 1.82) is 0 Å². The fourth-order valence-electron chi connectivity index (χ4n) is 3.19. The first-order valence-corrected chi connectivity index (χ1v) is 7.27. The van der Waals surface area contributed by atoms with E-state index < -0.39 is 5.54 Å². The lowest BCUT2D eigenvalue weighted by atomic mass is 9.85. The van der Waals surface area contributed by atoms with Gasteiger partial charge in [0.05, 0.1) is 12.1 Å². The first-order chi connectivity index (χ1) is 8.95. The Hall–Kier alpha value is -0.650. The SMILES string of the molecule is CCN(CCC1CCCC1(N)C(N)=O)C(C)COC. The van der Waals surface area contributed by atoms with E-state index in [-0.39, 0.29) is 11.8 Å². The van der Waals surface area contributed by atoms with Crippen LogP contribution in [0.1, 0.15) is 39.5 Å². The van der Waals surface area contributed by atoms with Gasteiger partial charge in [-0.25, -0.2) is 0 Å². The Morgan fingerprint density at radius 2 is 2.26 bits per heavy atom. The summed E-state index contributed by atoms with van der Waals surface area (Å²) >= 11 is 0. The number of methoxy groups -OCH3 is 1. The lowest BCUT2D eigenvalue weighted by Crippen LogP contribution is -2.55. The molecule has 112 valence electrons. The molecule has 1 rings (SSSR count). The fourth-order valence-corrected chi connectivity index (χ4v) is 3.19. The minimum absolute atomic E-state index is 0.216. The van der Waals surface area contributed by atoms with Crippen molar-refractivity contribution in [3.8, 4) is 0 Å². The number of carbonyl (C=O) groups is 1. The lowest BCUT2D eigenvalue weighted by molar-refractivity contribution is -0.124. The Kier molecular flexibility index (Phi) is 6.23. The van der Waals surface area contributed by atoms with Gasteiger partial charge in [0.2, 0.25) is 5.91 Å². The molecular weight excluding hydrogens is 242 g/mol. The molecule has 3 unspecified atom stereocenters. The van der Waals surface area contributed by atoms with E-state index in [1.165, 1.54) is 0 Å². The van der Waals surface area contributed by atoms with Crippen molar-refractivity contribution in [3.05, 3.63) is 0 Å².